The first-order valence-corrected chi connectivity index (χ1v) is 11.3. The van der Waals surface area contributed by atoms with Crippen LogP contribution >= 0.6 is 22.9 Å². The SMILES string of the molecule is COc1c(C(C)(C)C)cc(-c2nc(C3CCNCC3)sc2Cl)cc1C(C)(C)C. The summed E-state index contributed by atoms with van der Waals surface area (Å²) in [6.45, 7) is 15.5. The predicted molar refractivity (Wildman–Crippen MR) is 121 cm³/mol. The Balaban J connectivity index is 2.15. The molecule has 0 bridgehead atoms. The van der Waals surface area contributed by atoms with Gasteiger partial charge in [-0.1, -0.05) is 53.1 Å². The number of piperidine rings is 1. The van der Waals surface area contributed by atoms with Crippen LogP contribution in [0.4, 0.5) is 0 Å². The topological polar surface area (TPSA) is 34.1 Å². The summed E-state index contributed by atoms with van der Waals surface area (Å²) in [5.41, 5.74) is 4.33. The summed E-state index contributed by atoms with van der Waals surface area (Å²) < 4.78 is 6.68. The Hall–Kier alpha value is -1.10. The third kappa shape index (κ3) is 4.39. The molecule has 0 amide bonds. The minimum atomic E-state index is -0.0400. The Labute approximate surface area is 178 Å². The van der Waals surface area contributed by atoms with Crippen LogP contribution in [0.1, 0.15) is 76.4 Å². The van der Waals surface area contributed by atoms with E-state index >= 15 is 0 Å². The fourth-order valence-corrected chi connectivity index (χ4v) is 5.21. The number of aromatic nitrogens is 1. The van der Waals surface area contributed by atoms with Crippen LogP contribution in [-0.4, -0.2) is 25.2 Å². The second kappa shape index (κ2) is 7.97. The van der Waals surface area contributed by atoms with Crippen molar-refractivity contribution in [2.24, 2.45) is 0 Å². The van der Waals surface area contributed by atoms with Gasteiger partial charge in [0.2, 0.25) is 0 Å². The Morgan fingerprint density at radius 1 is 1.04 bits per heavy atom. The third-order valence-corrected chi connectivity index (χ3v) is 6.89. The fourth-order valence-electron chi connectivity index (χ4n) is 3.84. The average molecular weight is 421 g/mol. The van der Waals surface area contributed by atoms with Crippen molar-refractivity contribution in [3.05, 3.63) is 32.6 Å². The van der Waals surface area contributed by atoms with Gasteiger partial charge >= 0.3 is 0 Å². The largest absolute Gasteiger partial charge is 0.496 e. The molecule has 1 aliphatic rings. The van der Waals surface area contributed by atoms with Crippen LogP contribution in [0.2, 0.25) is 4.34 Å². The van der Waals surface area contributed by atoms with E-state index < -0.39 is 0 Å². The molecule has 0 saturated carbocycles. The number of thiazole rings is 1. The van der Waals surface area contributed by atoms with Crippen molar-refractivity contribution in [3.8, 4) is 17.0 Å². The summed E-state index contributed by atoms with van der Waals surface area (Å²) in [5, 5.41) is 4.60. The molecule has 1 aromatic carbocycles. The van der Waals surface area contributed by atoms with Gasteiger partial charge in [0.1, 0.15) is 15.8 Å². The van der Waals surface area contributed by atoms with Gasteiger partial charge in [-0.05, 0) is 48.9 Å². The summed E-state index contributed by atoms with van der Waals surface area (Å²) in [5.74, 6) is 1.49. The minimum Gasteiger partial charge on any atom is -0.496 e. The molecule has 1 fully saturated rings. The molecule has 1 aromatic heterocycles. The molecule has 2 heterocycles. The molecule has 5 heteroatoms. The van der Waals surface area contributed by atoms with Crippen LogP contribution in [0, 0.1) is 0 Å². The standard InChI is InChI=1S/C23H33ClN2OS/c1-22(2,3)16-12-15(13-17(19(16)27-7)23(4,5)6)18-20(24)28-21(26-18)14-8-10-25-11-9-14/h12-14,25H,8-11H2,1-7H3. The smallest absolute Gasteiger partial charge is 0.126 e. The van der Waals surface area contributed by atoms with Gasteiger partial charge in [-0.15, -0.1) is 11.3 Å². The van der Waals surface area contributed by atoms with Crippen molar-refractivity contribution in [3.63, 3.8) is 0 Å². The number of benzene rings is 1. The van der Waals surface area contributed by atoms with Crippen molar-refractivity contribution in [2.45, 2.75) is 71.1 Å². The molecule has 3 nitrogen and oxygen atoms in total. The predicted octanol–water partition coefficient (Wildman–Crippen LogP) is 6.53. The highest BCUT2D eigenvalue weighted by Crippen LogP contribution is 2.45. The molecule has 1 N–H and O–H groups in total. The maximum Gasteiger partial charge on any atom is 0.126 e. The van der Waals surface area contributed by atoms with Gasteiger partial charge in [-0.25, -0.2) is 4.98 Å². The zero-order valence-electron chi connectivity index (χ0n) is 18.2. The van der Waals surface area contributed by atoms with Gasteiger partial charge in [0.15, 0.2) is 0 Å². The Morgan fingerprint density at radius 2 is 1.57 bits per heavy atom. The highest BCUT2D eigenvalue weighted by atomic mass is 35.5. The number of rotatable bonds is 3. The second-order valence-electron chi connectivity index (χ2n) is 9.80. The maximum atomic E-state index is 6.71. The third-order valence-electron chi connectivity index (χ3n) is 5.47. The molecule has 0 spiro atoms. The lowest BCUT2D eigenvalue weighted by Crippen LogP contribution is -2.26. The fraction of sp³-hybridized carbons (Fsp3) is 0.609. The van der Waals surface area contributed by atoms with Gasteiger partial charge < -0.3 is 10.1 Å². The highest BCUT2D eigenvalue weighted by Gasteiger charge is 2.29. The molecule has 0 radical (unpaired) electrons. The van der Waals surface area contributed by atoms with E-state index in [-0.39, 0.29) is 10.8 Å². The summed E-state index contributed by atoms with van der Waals surface area (Å²) in [6, 6.07) is 4.45. The molecule has 154 valence electrons. The van der Waals surface area contributed by atoms with E-state index in [4.69, 9.17) is 21.3 Å². The molecule has 1 saturated heterocycles. The number of methoxy groups -OCH3 is 1. The molecule has 1 aliphatic heterocycles. The summed E-state index contributed by atoms with van der Waals surface area (Å²) in [4.78, 5) is 5.02. The first-order chi connectivity index (χ1) is 13.0. The van der Waals surface area contributed by atoms with Crippen molar-refractivity contribution < 1.29 is 4.74 Å². The number of nitrogens with zero attached hydrogens (tertiary/aromatic N) is 1. The summed E-state index contributed by atoms with van der Waals surface area (Å²) >= 11 is 8.36. The second-order valence-corrected chi connectivity index (χ2v) is 11.4. The number of halogens is 1. The van der Waals surface area contributed by atoms with Gasteiger partial charge in [0, 0.05) is 22.6 Å². The quantitative estimate of drug-likeness (QED) is 0.612. The van der Waals surface area contributed by atoms with E-state index in [0.29, 0.717) is 5.92 Å². The Kier molecular flexibility index (Phi) is 6.15. The number of ether oxygens (including phenoxy) is 1. The monoisotopic (exact) mass is 420 g/mol. The average Bonchev–Trinajstić information content (AvgIpc) is 3.01. The van der Waals surface area contributed by atoms with E-state index in [1.807, 2.05) is 0 Å². The van der Waals surface area contributed by atoms with Crippen LogP contribution in [-0.2, 0) is 10.8 Å². The van der Waals surface area contributed by atoms with Crippen molar-refractivity contribution >= 4 is 22.9 Å². The van der Waals surface area contributed by atoms with Gasteiger partial charge in [0.05, 0.1) is 12.1 Å². The number of nitrogens with one attached hydrogen (secondary N) is 1. The first kappa shape index (κ1) is 21.6. The van der Waals surface area contributed by atoms with Gasteiger partial charge in [-0.2, -0.15) is 0 Å². The Morgan fingerprint density at radius 3 is 2.04 bits per heavy atom. The van der Waals surface area contributed by atoms with E-state index in [0.717, 1.165) is 47.3 Å². The normalized spacial score (nSPS) is 16.4. The van der Waals surface area contributed by atoms with Crippen LogP contribution in [0.3, 0.4) is 0 Å². The molecule has 0 unspecified atom stereocenters. The molecule has 3 rings (SSSR count). The van der Waals surface area contributed by atoms with E-state index in [1.54, 1.807) is 18.4 Å². The molecular weight excluding hydrogens is 388 g/mol. The highest BCUT2D eigenvalue weighted by molar-refractivity contribution is 7.16. The van der Waals surface area contributed by atoms with Crippen LogP contribution in [0.25, 0.3) is 11.3 Å². The van der Waals surface area contributed by atoms with Crippen LogP contribution < -0.4 is 10.1 Å². The van der Waals surface area contributed by atoms with E-state index in [1.165, 1.54) is 16.1 Å². The van der Waals surface area contributed by atoms with Crippen molar-refractivity contribution in [1.29, 1.82) is 0 Å². The minimum absolute atomic E-state index is 0.0400. The maximum absolute atomic E-state index is 6.71. The lowest BCUT2D eigenvalue weighted by molar-refractivity contribution is 0.381. The Bertz CT molecular complexity index is 804. The zero-order valence-corrected chi connectivity index (χ0v) is 19.8. The summed E-state index contributed by atoms with van der Waals surface area (Å²) in [7, 11) is 1.77. The number of hydrogen-bond acceptors (Lipinski definition) is 4. The van der Waals surface area contributed by atoms with E-state index in [2.05, 4.69) is 59.0 Å². The molecular formula is C23H33ClN2OS. The first-order valence-electron chi connectivity index (χ1n) is 10.1. The van der Waals surface area contributed by atoms with Crippen molar-refractivity contribution in [1.82, 2.24) is 10.3 Å². The lowest BCUT2D eigenvalue weighted by atomic mass is 9.78. The molecule has 0 atom stereocenters. The van der Waals surface area contributed by atoms with Crippen LogP contribution in [0.15, 0.2) is 12.1 Å². The van der Waals surface area contributed by atoms with Crippen molar-refractivity contribution in [2.75, 3.05) is 20.2 Å². The number of hydrogen-bond donors (Lipinski definition) is 1. The van der Waals surface area contributed by atoms with E-state index in [9.17, 15) is 0 Å². The van der Waals surface area contributed by atoms with Gasteiger partial charge in [-0.3, -0.25) is 0 Å². The molecule has 2 aromatic rings. The molecule has 28 heavy (non-hydrogen) atoms. The lowest BCUT2D eigenvalue weighted by Gasteiger charge is -2.29. The van der Waals surface area contributed by atoms with Crippen LogP contribution in [0.5, 0.6) is 5.75 Å². The molecule has 0 aliphatic carbocycles. The van der Waals surface area contributed by atoms with Gasteiger partial charge in [0.25, 0.3) is 0 Å². The summed E-state index contributed by atoms with van der Waals surface area (Å²) in [6.07, 6.45) is 2.26. The zero-order chi connectivity index (χ0) is 20.7.